The summed E-state index contributed by atoms with van der Waals surface area (Å²) in [6.07, 6.45) is 0. The zero-order valence-corrected chi connectivity index (χ0v) is 11.3. The van der Waals surface area contributed by atoms with Crippen molar-refractivity contribution in [2.45, 2.75) is 12.5 Å². The molecule has 0 fully saturated rings. The van der Waals surface area contributed by atoms with Gasteiger partial charge in [-0.3, -0.25) is 4.79 Å². The summed E-state index contributed by atoms with van der Waals surface area (Å²) in [5.41, 5.74) is 7.24. The van der Waals surface area contributed by atoms with Crippen LogP contribution < -0.4 is 15.8 Å². The number of amides is 1. The number of benzene rings is 2. The average molecular weight is 286 g/mol. The third-order valence-corrected chi connectivity index (χ3v) is 3.55. The molecule has 1 unspecified atom stereocenters. The summed E-state index contributed by atoms with van der Waals surface area (Å²) >= 11 is 0. The molecule has 0 spiro atoms. The maximum atomic E-state index is 13.4. The number of carbonyl (C=O) groups excluding carboxylic acids is 1. The van der Waals surface area contributed by atoms with Crippen molar-refractivity contribution in [1.82, 2.24) is 0 Å². The lowest BCUT2D eigenvalue weighted by Crippen LogP contribution is -2.22. The van der Waals surface area contributed by atoms with Crippen molar-refractivity contribution in [3.63, 3.8) is 0 Å². The number of hydrogen-bond donors (Lipinski definition) is 2. The van der Waals surface area contributed by atoms with E-state index in [2.05, 4.69) is 5.32 Å². The summed E-state index contributed by atoms with van der Waals surface area (Å²) in [4.78, 5) is 12.3. The second-order valence-corrected chi connectivity index (χ2v) is 4.90. The van der Waals surface area contributed by atoms with Crippen LogP contribution in [0, 0.1) is 5.82 Å². The summed E-state index contributed by atoms with van der Waals surface area (Å²) in [7, 11) is 0. The van der Waals surface area contributed by atoms with Gasteiger partial charge in [0.25, 0.3) is 0 Å². The largest absolute Gasteiger partial charge is 0.492 e. The monoisotopic (exact) mass is 286 g/mol. The highest BCUT2D eigenvalue weighted by molar-refractivity contribution is 5.97. The molecule has 1 aliphatic rings. The van der Waals surface area contributed by atoms with Crippen LogP contribution in [0.3, 0.4) is 0 Å². The third-order valence-electron chi connectivity index (χ3n) is 3.55. The first kappa shape index (κ1) is 13.6. The van der Waals surface area contributed by atoms with Crippen molar-refractivity contribution in [1.29, 1.82) is 0 Å². The number of ether oxygens (including phenoxy) is 1. The molecule has 2 aromatic carbocycles. The van der Waals surface area contributed by atoms with E-state index in [1.807, 2.05) is 24.3 Å². The first-order valence-electron chi connectivity index (χ1n) is 6.70. The Morgan fingerprint density at radius 2 is 2.14 bits per heavy atom. The number of nitrogens with two attached hydrogens (primary N) is 1. The van der Waals surface area contributed by atoms with E-state index in [0.29, 0.717) is 17.9 Å². The average Bonchev–Trinajstić information content (AvgIpc) is 2.93. The number of anilines is 1. The maximum Gasteiger partial charge on any atom is 0.235 e. The minimum absolute atomic E-state index is 0.0882. The first-order chi connectivity index (χ1) is 10.2. The van der Waals surface area contributed by atoms with Gasteiger partial charge in [-0.05, 0) is 24.3 Å². The highest BCUT2D eigenvalue weighted by Gasteiger charge is 2.30. The lowest BCUT2D eigenvalue weighted by atomic mass is 10.0. The Balaban J connectivity index is 1.79. The topological polar surface area (TPSA) is 64.3 Å². The van der Waals surface area contributed by atoms with Gasteiger partial charge in [-0.1, -0.05) is 18.2 Å². The van der Waals surface area contributed by atoms with E-state index in [4.69, 9.17) is 10.5 Å². The van der Waals surface area contributed by atoms with Crippen LogP contribution in [-0.4, -0.2) is 12.5 Å². The van der Waals surface area contributed by atoms with Gasteiger partial charge in [0.05, 0.1) is 0 Å². The molecular weight excluding hydrogens is 271 g/mol. The first-order valence-corrected chi connectivity index (χ1v) is 6.70. The number of nitrogens with one attached hydrogen (secondary N) is 1. The van der Waals surface area contributed by atoms with Crippen molar-refractivity contribution < 1.29 is 13.9 Å². The summed E-state index contributed by atoms with van der Waals surface area (Å²) in [5.74, 6) is -0.161. The molecule has 5 heteroatoms. The fourth-order valence-corrected chi connectivity index (χ4v) is 2.42. The van der Waals surface area contributed by atoms with E-state index in [0.717, 1.165) is 11.3 Å². The van der Waals surface area contributed by atoms with Gasteiger partial charge in [-0.25, -0.2) is 4.39 Å². The van der Waals surface area contributed by atoms with Gasteiger partial charge >= 0.3 is 0 Å². The second kappa shape index (κ2) is 5.54. The Bertz CT molecular complexity index is 688. The molecule has 21 heavy (non-hydrogen) atoms. The van der Waals surface area contributed by atoms with E-state index < -0.39 is 0 Å². The predicted molar refractivity (Wildman–Crippen MR) is 77.6 cm³/mol. The fourth-order valence-electron chi connectivity index (χ4n) is 2.42. The Kier molecular flexibility index (Phi) is 3.58. The molecule has 3 N–H and O–H groups in total. The number of carbonyl (C=O) groups is 1. The van der Waals surface area contributed by atoms with Crippen LogP contribution in [0.4, 0.5) is 10.1 Å². The molecule has 1 heterocycles. The number of halogens is 1. The smallest absolute Gasteiger partial charge is 0.235 e. The minimum atomic E-state index is -0.370. The van der Waals surface area contributed by atoms with Gasteiger partial charge in [-0.15, -0.1) is 0 Å². The van der Waals surface area contributed by atoms with Crippen molar-refractivity contribution in [3.8, 4) is 5.75 Å². The molecule has 3 rings (SSSR count). The molecule has 0 saturated heterocycles. The van der Waals surface area contributed by atoms with Gasteiger partial charge < -0.3 is 15.8 Å². The summed E-state index contributed by atoms with van der Waals surface area (Å²) in [6, 6.07) is 11.8. The van der Waals surface area contributed by atoms with Gasteiger partial charge in [0.1, 0.15) is 24.1 Å². The molecule has 108 valence electrons. The Labute approximate surface area is 121 Å². The Morgan fingerprint density at radius 1 is 1.33 bits per heavy atom. The molecule has 1 aliphatic heterocycles. The molecular formula is C16H15FN2O2. The molecule has 0 aliphatic carbocycles. The summed E-state index contributed by atoms with van der Waals surface area (Å²) < 4.78 is 18.9. The van der Waals surface area contributed by atoms with E-state index in [-0.39, 0.29) is 24.2 Å². The van der Waals surface area contributed by atoms with Crippen LogP contribution in [0.25, 0.3) is 0 Å². The summed E-state index contributed by atoms with van der Waals surface area (Å²) in [6.45, 7) is 0.404. The lowest BCUT2D eigenvalue weighted by Gasteiger charge is -2.11. The third kappa shape index (κ3) is 2.60. The van der Waals surface area contributed by atoms with E-state index in [9.17, 15) is 9.18 Å². The molecule has 0 aromatic heterocycles. The molecule has 4 nitrogen and oxygen atoms in total. The van der Waals surface area contributed by atoms with E-state index in [1.165, 1.54) is 12.1 Å². The SMILES string of the molecule is NCc1cc(NC(=O)C2COc3ccccc32)ccc1F. The number of para-hydroxylation sites is 1. The zero-order valence-electron chi connectivity index (χ0n) is 11.3. The fraction of sp³-hybridized carbons (Fsp3) is 0.188. The standard InChI is InChI=1S/C16H15FN2O2/c17-14-6-5-11(7-10(14)8-18)19-16(20)13-9-21-15-4-2-1-3-12(13)15/h1-7,13H,8-9,18H2,(H,19,20). The van der Waals surface area contributed by atoms with Gasteiger partial charge in [0, 0.05) is 23.4 Å². The molecule has 1 amide bonds. The predicted octanol–water partition coefficient (Wildman–Crippen LogP) is 2.40. The molecule has 0 bridgehead atoms. The maximum absolute atomic E-state index is 13.4. The second-order valence-electron chi connectivity index (χ2n) is 4.90. The molecule has 0 saturated carbocycles. The van der Waals surface area contributed by atoms with Gasteiger partial charge in [-0.2, -0.15) is 0 Å². The lowest BCUT2D eigenvalue weighted by molar-refractivity contribution is -0.117. The highest BCUT2D eigenvalue weighted by atomic mass is 19.1. The van der Waals surface area contributed by atoms with Crippen LogP contribution in [0.15, 0.2) is 42.5 Å². The number of rotatable bonds is 3. The summed E-state index contributed by atoms with van der Waals surface area (Å²) in [5, 5.41) is 2.79. The molecule has 0 radical (unpaired) electrons. The quantitative estimate of drug-likeness (QED) is 0.910. The van der Waals surface area contributed by atoms with Gasteiger partial charge in [0.2, 0.25) is 5.91 Å². The van der Waals surface area contributed by atoms with Crippen molar-refractivity contribution in [3.05, 3.63) is 59.4 Å². The number of hydrogen-bond acceptors (Lipinski definition) is 3. The Morgan fingerprint density at radius 3 is 2.95 bits per heavy atom. The van der Waals surface area contributed by atoms with Crippen LogP contribution in [-0.2, 0) is 11.3 Å². The number of fused-ring (bicyclic) bond motifs is 1. The van der Waals surface area contributed by atoms with Crippen molar-refractivity contribution in [2.24, 2.45) is 5.73 Å². The van der Waals surface area contributed by atoms with Gasteiger partial charge in [0.15, 0.2) is 0 Å². The van der Waals surface area contributed by atoms with Crippen LogP contribution in [0.2, 0.25) is 0 Å². The van der Waals surface area contributed by atoms with Crippen LogP contribution >= 0.6 is 0 Å². The van der Waals surface area contributed by atoms with E-state index in [1.54, 1.807) is 6.07 Å². The minimum Gasteiger partial charge on any atom is -0.492 e. The zero-order chi connectivity index (χ0) is 14.8. The Hall–Kier alpha value is -2.40. The molecule has 1 atom stereocenters. The van der Waals surface area contributed by atoms with Crippen LogP contribution in [0.5, 0.6) is 5.75 Å². The normalized spacial score (nSPS) is 16.2. The van der Waals surface area contributed by atoms with Crippen molar-refractivity contribution in [2.75, 3.05) is 11.9 Å². The van der Waals surface area contributed by atoms with E-state index >= 15 is 0 Å². The van der Waals surface area contributed by atoms with Crippen LogP contribution in [0.1, 0.15) is 17.0 Å². The van der Waals surface area contributed by atoms with Crippen molar-refractivity contribution >= 4 is 11.6 Å². The highest BCUT2D eigenvalue weighted by Crippen LogP contribution is 2.34. The molecule has 2 aromatic rings.